The van der Waals surface area contributed by atoms with Crippen LogP contribution in [-0.2, 0) is 24.3 Å². The fourth-order valence-corrected chi connectivity index (χ4v) is 5.08. The summed E-state index contributed by atoms with van der Waals surface area (Å²) in [5.41, 5.74) is 0.538. The van der Waals surface area contributed by atoms with Crippen LogP contribution in [0.1, 0.15) is 31.1 Å². The summed E-state index contributed by atoms with van der Waals surface area (Å²) in [4.78, 5) is 24.9. The molecule has 1 N–H and O–H groups in total. The van der Waals surface area contributed by atoms with Crippen molar-refractivity contribution in [1.82, 2.24) is 4.31 Å². The molecule has 0 bridgehead atoms. The number of hydrogen-bond acceptors (Lipinski definition) is 6. The van der Waals surface area contributed by atoms with E-state index in [1.807, 2.05) is 13.8 Å². The summed E-state index contributed by atoms with van der Waals surface area (Å²) >= 11 is 5.82. The molecule has 0 aliphatic carbocycles. The van der Waals surface area contributed by atoms with Gasteiger partial charge in [-0.15, -0.1) is 0 Å². The van der Waals surface area contributed by atoms with Gasteiger partial charge in [-0.05, 0) is 63.2 Å². The number of halogens is 1. The molecule has 1 heterocycles. The summed E-state index contributed by atoms with van der Waals surface area (Å²) in [6.07, 6.45) is -1.57. The molecule has 3 rings (SSSR count). The maximum atomic E-state index is 13.1. The van der Waals surface area contributed by atoms with E-state index in [1.165, 1.54) is 35.5 Å². The lowest BCUT2D eigenvalue weighted by molar-refractivity contribution is -0.123. The molecule has 0 radical (unpaired) electrons. The predicted octanol–water partition coefficient (Wildman–Crippen LogP) is 3.32. The highest BCUT2D eigenvalue weighted by Gasteiger charge is 2.32. The van der Waals surface area contributed by atoms with Gasteiger partial charge in [0.25, 0.3) is 5.91 Å². The van der Waals surface area contributed by atoms with E-state index in [1.54, 1.807) is 24.3 Å². The highest BCUT2D eigenvalue weighted by Crippen LogP contribution is 2.22. The van der Waals surface area contributed by atoms with Gasteiger partial charge in [0.2, 0.25) is 10.0 Å². The molecule has 0 aromatic heterocycles. The highest BCUT2D eigenvalue weighted by molar-refractivity contribution is 7.89. The molecule has 1 saturated heterocycles. The first-order valence-electron chi connectivity index (χ1n) is 10.1. The molecule has 0 saturated carbocycles. The Bertz CT molecular complexity index is 1080. The van der Waals surface area contributed by atoms with Gasteiger partial charge in [-0.1, -0.05) is 17.7 Å². The number of nitrogens with zero attached hydrogens (tertiary/aromatic N) is 1. The number of morpholine rings is 1. The number of benzene rings is 2. The van der Waals surface area contributed by atoms with Crippen LogP contribution in [0.15, 0.2) is 53.4 Å². The normalized spacial score (nSPS) is 20.4. The number of anilines is 1. The number of esters is 1. The third kappa shape index (κ3) is 5.86. The first-order chi connectivity index (χ1) is 15.1. The van der Waals surface area contributed by atoms with E-state index in [9.17, 15) is 18.0 Å². The monoisotopic (exact) mass is 480 g/mol. The zero-order valence-corrected chi connectivity index (χ0v) is 19.5. The molecule has 3 atom stereocenters. The van der Waals surface area contributed by atoms with Crippen LogP contribution in [-0.4, -0.2) is 56.0 Å². The number of sulfonamides is 1. The van der Waals surface area contributed by atoms with Crippen LogP contribution >= 0.6 is 11.6 Å². The van der Waals surface area contributed by atoms with Crippen molar-refractivity contribution in [2.75, 3.05) is 18.4 Å². The minimum atomic E-state index is -3.82. The van der Waals surface area contributed by atoms with Crippen molar-refractivity contribution in [2.45, 2.75) is 44.0 Å². The Hall–Kier alpha value is -2.46. The van der Waals surface area contributed by atoms with Gasteiger partial charge >= 0.3 is 5.97 Å². The van der Waals surface area contributed by atoms with Crippen LogP contribution in [0.25, 0.3) is 0 Å². The summed E-state index contributed by atoms with van der Waals surface area (Å²) < 4.78 is 38.3. The molecular weight excluding hydrogens is 456 g/mol. The van der Waals surface area contributed by atoms with Crippen molar-refractivity contribution in [3.05, 3.63) is 59.1 Å². The largest absolute Gasteiger partial charge is 0.449 e. The first-order valence-corrected chi connectivity index (χ1v) is 11.9. The number of nitrogens with one attached hydrogen (secondary N) is 1. The van der Waals surface area contributed by atoms with Gasteiger partial charge in [0.05, 0.1) is 22.7 Å². The number of hydrogen-bond donors (Lipinski definition) is 1. The molecule has 1 amide bonds. The van der Waals surface area contributed by atoms with E-state index in [4.69, 9.17) is 21.1 Å². The molecule has 3 unspecified atom stereocenters. The standard InChI is InChI=1S/C22H25ClN2O6S/c1-14-12-25(13-15(2)30-14)32(28,29)20-6-4-5-17(11-20)22(27)31-16(3)21(26)24-19-9-7-18(23)8-10-19/h4-11,14-16H,12-13H2,1-3H3,(H,24,26). The van der Waals surface area contributed by atoms with E-state index < -0.39 is 28.0 Å². The van der Waals surface area contributed by atoms with Crippen LogP contribution in [0.5, 0.6) is 0 Å². The van der Waals surface area contributed by atoms with E-state index in [0.717, 1.165) is 0 Å². The minimum absolute atomic E-state index is 0.0217. The topological polar surface area (TPSA) is 102 Å². The third-order valence-electron chi connectivity index (χ3n) is 4.86. The molecular formula is C22H25ClN2O6S. The molecule has 2 aromatic rings. The van der Waals surface area contributed by atoms with Gasteiger partial charge in [-0.3, -0.25) is 4.79 Å². The van der Waals surface area contributed by atoms with E-state index in [-0.39, 0.29) is 35.8 Å². The second-order valence-electron chi connectivity index (χ2n) is 7.65. The minimum Gasteiger partial charge on any atom is -0.449 e. The molecule has 2 aromatic carbocycles. The maximum absolute atomic E-state index is 13.1. The zero-order valence-electron chi connectivity index (χ0n) is 17.9. The zero-order chi connectivity index (χ0) is 23.5. The Morgan fingerprint density at radius 2 is 1.75 bits per heavy atom. The quantitative estimate of drug-likeness (QED) is 0.636. The lowest BCUT2D eigenvalue weighted by Gasteiger charge is -2.34. The summed E-state index contributed by atoms with van der Waals surface area (Å²) in [6, 6.07) is 12.1. The highest BCUT2D eigenvalue weighted by atomic mass is 35.5. The number of amides is 1. The van der Waals surface area contributed by atoms with Crippen LogP contribution in [0.3, 0.4) is 0 Å². The lowest BCUT2D eigenvalue weighted by atomic mass is 10.2. The summed E-state index contributed by atoms with van der Waals surface area (Å²) in [7, 11) is -3.82. The van der Waals surface area contributed by atoms with Crippen molar-refractivity contribution in [3.63, 3.8) is 0 Å². The lowest BCUT2D eigenvalue weighted by Crippen LogP contribution is -2.48. The molecule has 1 aliphatic heterocycles. The predicted molar refractivity (Wildman–Crippen MR) is 120 cm³/mol. The second kappa shape index (κ2) is 9.99. The van der Waals surface area contributed by atoms with Crippen LogP contribution in [0.4, 0.5) is 5.69 Å². The van der Waals surface area contributed by atoms with Crippen LogP contribution in [0, 0.1) is 0 Å². The van der Waals surface area contributed by atoms with Crippen molar-refractivity contribution in [3.8, 4) is 0 Å². The van der Waals surface area contributed by atoms with Gasteiger partial charge in [0.1, 0.15) is 0 Å². The smallest absolute Gasteiger partial charge is 0.338 e. The van der Waals surface area contributed by atoms with Gasteiger partial charge < -0.3 is 14.8 Å². The Labute approximate surface area is 192 Å². The Morgan fingerprint density at radius 3 is 2.38 bits per heavy atom. The van der Waals surface area contributed by atoms with E-state index >= 15 is 0 Å². The summed E-state index contributed by atoms with van der Waals surface area (Å²) in [5.74, 6) is -1.33. The van der Waals surface area contributed by atoms with Crippen molar-refractivity contribution >= 4 is 39.2 Å². The molecule has 0 spiro atoms. The average molecular weight is 481 g/mol. The van der Waals surface area contributed by atoms with Crippen LogP contribution < -0.4 is 5.32 Å². The molecule has 172 valence electrons. The van der Waals surface area contributed by atoms with Crippen molar-refractivity contribution in [1.29, 1.82) is 0 Å². The third-order valence-corrected chi connectivity index (χ3v) is 6.94. The van der Waals surface area contributed by atoms with Gasteiger partial charge in [-0.25, -0.2) is 13.2 Å². The van der Waals surface area contributed by atoms with Crippen LogP contribution in [0.2, 0.25) is 5.02 Å². The molecule has 32 heavy (non-hydrogen) atoms. The number of rotatable bonds is 6. The van der Waals surface area contributed by atoms with Gasteiger partial charge in [-0.2, -0.15) is 4.31 Å². The van der Waals surface area contributed by atoms with E-state index in [0.29, 0.717) is 10.7 Å². The molecule has 1 aliphatic rings. The molecule has 1 fully saturated rings. The number of carbonyl (C=O) groups excluding carboxylic acids is 2. The van der Waals surface area contributed by atoms with Gasteiger partial charge in [0.15, 0.2) is 6.10 Å². The van der Waals surface area contributed by atoms with Gasteiger partial charge in [0, 0.05) is 23.8 Å². The fourth-order valence-electron chi connectivity index (χ4n) is 3.32. The summed E-state index contributed by atoms with van der Waals surface area (Å²) in [5, 5.41) is 3.15. The fraction of sp³-hybridized carbons (Fsp3) is 0.364. The molecule has 8 nitrogen and oxygen atoms in total. The van der Waals surface area contributed by atoms with Crippen molar-refractivity contribution < 1.29 is 27.5 Å². The first kappa shape index (κ1) is 24.2. The number of carbonyl (C=O) groups is 2. The summed E-state index contributed by atoms with van der Waals surface area (Å²) in [6.45, 7) is 5.50. The Kier molecular flexibility index (Phi) is 7.55. The van der Waals surface area contributed by atoms with Crippen molar-refractivity contribution in [2.24, 2.45) is 0 Å². The Morgan fingerprint density at radius 1 is 1.12 bits per heavy atom. The Balaban J connectivity index is 1.69. The second-order valence-corrected chi connectivity index (χ2v) is 10.0. The average Bonchev–Trinajstić information content (AvgIpc) is 2.74. The van der Waals surface area contributed by atoms with E-state index in [2.05, 4.69) is 5.32 Å². The SMILES string of the molecule is CC1CN(S(=O)(=O)c2cccc(C(=O)OC(C)C(=O)Nc3ccc(Cl)cc3)c2)CC(C)O1. The maximum Gasteiger partial charge on any atom is 0.338 e. The number of ether oxygens (including phenoxy) is 2. The molecule has 10 heteroatoms.